The van der Waals surface area contributed by atoms with Crippen LogP contribution in [0.15, 0.2) is 35.2 Å². The van der Waals surface area contributed by atoms with Crippen molar-refractivity contribution in [2.75, 3.05) is 39.3 Å². The minimum absolute atomic E-state index is 0.0477. The van der Waals surface area contributed by atoms with Gasteiger partial charge in [-0.1, -0.05) is 0 Å². The maximum absolute atomic E-state index is 12.9. The fourth-order valence-electron chi connectivity index (χ4n) is 2.52. The number of nitrogens with one attached hydrogen (secondary N) is 1. The van der Waals surface area contributed by atoms with Gasteiger partial charge in [0.05, 0.1) is 43.1 Å². The molecule has 0 heterocycles. The Kier molecular flexibility index (Phi) is 7.61. The number of rotatable bonds is 11. The number of methoxy groups -OCH3 is 3. The van der Waals surface area contributed by atoms with Crippen LogP contribution < -0.4 is 18.9 Å². The molecule has 0 atom stereocenters. The van der Waals surface area contributed by atoms with Gasteiger partial charge in [-0.3, -0.25) is 14.8 Å². The average molecular weight is 456 g/mol. The van der Waals surface area contributed by atoms with Gasteiger partial charge in [0.2, 0.25) is 0 Å². The Morgan fingerprint density at radius 2 is 1.81 bits per heavy atom. The summed E-state index contributed by atoms with van der Waals surface area (Å²) in [7, 11) is -0.552. The van der Waals surface area contributed by atoms with Crippen molar-refractivity contribution in [1.29, 1.82) is 0 Å². The van der Waals surface area contributed by atoms with Gasteiger partial charge in [-0.2, -0.15) is 0 Å². The van der Waals surface area contributed by atoms with E-state index in [1.54, 1.807) is 0 Å². The van der Waals surface area contributed by atoms with Gasteiger partial charge in [-0.05, 0) is 12.1 Å². The van der Waals surface area contributed by atoms with Crippen LogP contribution in [0.1, 0.15) is 10.4 Å². The summed E-state index contributed by atoms with van der Waals surface area (Å²) < 4.78 is 48.2. The van der Waals surface area contributed by atoms with E-state index in [2.05, 4.69) is 4.72 Å². The second-order valence-corrected chi connectivity index (χ2v) is 7.54. The Balaban J connectivity index is 2.56. The van der Waals surface area contributed by atoms with Gasteiger partial charge < -0.3 is 24.1 Å². The van der Waals surface area contributed by atoms with E-state index >= 15 is 0 Å². The van der Waals surface area contributed by atoms with Crippen LogP contribution in [0.5, 0.6) is 17.2 Å². The molecule has 0 amide bonds. The summed E-state index contributed by atoms with van der Waals surface area (Å²) in [5.41, 5.74) is -1.56. The zero-order valence-electron chi connectivity index (χ0n) is 16.8. The molecule has 0 aliphatic rings. The van der Waals surface area contributed by atoms with Crippen LogP contribution in [0.3, 0.4) is 0 Å². The van der Waals surface area contributed by atoms with Crippen LogP contribution in [0.2, 0.25) is 0 Å². The number of anilines is 1. The van der Waals surface area contributed by atoms with Gasteiger partial charge in [0, 0.05) is 19.2 Å². The van der Waals surface area contributed by atoms with Crippen molar-refractivity contribution in [2.24, 2.45) is 0 Å². The van der Waals surface area contributed by atoms with Crippen molar-refractivity contribution in [3.8, 4) is 17.2 Å². The molecule has 31 heavy (non-hydrogen) atoms. The van der Waals surface area contributed by atoms with E-state index in [-0.39, 0.29) is 36.1 Å². The molecule has 0 spiro atoms. The number of nitro benzene ring substituents is 1. The van der Waals surface area contributed by atoms with E-state index < -0.39 is 37.1 Å². The Hall–Kier alpha value is -3.58. The van der Waals surface area contributed by atoms with E-state index in [0.717, 1.165) is 24.3 Å². The highest BCUT2D eigenvalue weighted by Crippen LogP contribution is 2.36. The number of sulfonamides is 1. The number of nitro groups is 1. The molecule has 0 saturated carbocycles. The number of carboxylic acids is 1. The lowest BCUT2D eigenvalue weighted by molar-refractivity contribution is -0.387. The van der Waals surface area contributed by atoms with Gasteiger partial charge in [-0.25, -0.2) is 13.2 Å². The Morgan fingerprint density at radius 3 is 2.35 bits per heavy atom. The number of hydrogen-bond acceptors (Lipinski definition) is 9. The van der Waals surface area contributed by atoms with Gasteiger partial charge in [0.15, 0.2) is 16.4 Å². The molecule has 0 fully saturated rings. The highest BCUT2D eigenvalue weighted by Gasteiger charge is 2.29. The van der Waals surface area contributed by atoms with Crippen molar-refractivity contribution in [3.63, 3.8) is 0 Å². The number of carbonyl (C=O) groups is 1. The summed E-state index contributed by atoms with van der Waals surface area (Å²) >= 11 is 0. The van der Waals surface area contributed by atoms with Crippen LogP contribution in [0, 0.1) is 10.1 Å². The minimum atomic E-state index is -4.56. The van der Waals surface area contributed by atoms with E-state index in [9.17, 15) is 28.4 Å². The number of carboxylic acid groups (broad SMARTS) is 1. The molecule has 0 bridgehead atoms. The molecule has 2 aromatic rings. The molecule has 0 aromatic heterocycles. The first-order valence-electron chi connectivity index (χ1n) is 8.57. The first-order valence-corrected chi connectivity index (χ1v) is 10.0. The van der Waals surface area contributed by atoms with E-state index in [1.165, 1.54) is 27.4 Å². The van der Waals surface area contributed by atoms with Crippen molar-refractivity contribution in [1.82, 2.24) is 0 Å². The number of aromatic carboxylic acids is 1. The number of ether oxygens (including phenoxy) is 4. The van der Waals surface area contributed by atoms with Crippen molar-refractivity contribution < 1.29 is 42.2 Å². The summed E-state index contributed by atoms with van der Waals surface area (Å²) in [4.78, 5) is 21.5. The Morgan fingerprint density at radius 1 is 1.10 bits per heavy atom. The normalized spacial score (nSPS) is 10.9. The monoisotopic (exact) mass is 456 g/mol. The quantitative estimate of drug-likeness (QED) is 0.291. The second kappa shape index (κ2) is 9.95. The molecule has 0 aliphatic heterocycles. The Bertz CT molecular complexity index is 1080. The fraction of sp³-hybridized carbons (Fsp3) is 0.278. The van der Waals surface area contributed by atoms with E-state index in [4.69, 9.17) is 18.9 Å². The largest absolute Gasteiger partial charge is 0.497 e. The lowest BCUT2D eigenvalue weighted by Crippen LogP contribution is -2.17. The second-order valence-electron chi connectivity index (χ2n) is 5.89. The van der Waals surface area contributed by atoms with Crippen molar-refractivity contribution in [3.05, 3.63) is 46.0 Å². The van der Waals surface area contributed by atoms with E-state index in [1.807, 2.05) is 0 Å². The van der Waals surface area contributed by atoms with Crippen LogP contribution in [-0.2, 0) is 14.8 Å². The highest BCUT2D eigenvalue weighted by molar-refractivity contribution is 7.92. The molecule has 2 rings (SSSR count). The average Bonchev–Trinajstić information content (AvgIpc) is 2.73. The molecule has 2 N–H and O–H groups in total. The minimum Gasteiger partial charge on any atom is -0.497 e. The topological polar surface area (TPSA) is 164 Å². The van der Waals surface area contributed by atoms with Gasteiger partial charge in [-0.15, -0.1) is 0 Å². The summed E-state index contributed by atoms with van der Waals surface area (Å²) in [6.07, 6.45) is 0. The van der Waals surface area contributed by atoms with Crippen molar-refractivity contribution in [2.45, 2.75) is 4.90 Å². The SMILES string of the molecule is COCCOc1cc(NS(=O)(=O)c2ccc(OC)cc2[N+](=O)[O-])c(C(=O)O)cc1OC. The summed E-state index contributed by atoms with van der Waals surface area (Å²) in [5.74, 6) is -1.28. The zero-order valence-corrected chi connectivity index (χ0v) is 17.6. The lowest BCUT2D eigenvalue weighted by atomic mass is 10.1. The number of hydrogen-bond donors (Lipinski definition) is 2. The molecular formula is C18H20N2O10S. The van der Waals surface area contributed by atoms with Gasteiger partial charge in [0.1, 0.15) is 12.4 Å². The summed E-state index contributed by atoms with van der Waals surface area (Å²) in [6, 6.07) is 5.35. The first kappa shape index (κ1) is 23.7. The maximum atomic E-state index is 12.9. The van der Waals surface area contributed by atoms with E-state index in [0.29, 0.717) is 0 Å². The van der Waals surface area contributed by atoms with Gasteiger partial charge >= 0.3 is 5.97 Å². The predicted octanol–water partition coefficient (Wildman–Crippen LogP) is 2.14. The maximum Gasteiger partial charge on any atom is 0.337 e. The van der Waals surface area contributed by atoms with Crippen LogP contribution in [0.25, 0.3) is 0 Å². The molecule has 0 saturated heterocycles. The van der Waals surface area contributed by atoms with Crippen LogP contribution in [-0.4, -0.2) is 59.0 Å². The zero-order chi connectivity index (χ0) is 23.2. The van der Waals surface area contributed by atoms with Crippen LogP contribution >= 0.6 is 0 Å². The first-order chi connectivity index (χ1) is 14.6. The third kappa shape index (κ3) is 5.52. The lowest BCUT2D eigenvalue weighted by Gasteiger charge is -2.16. The standard InChI is InChI=1S/C18H20N2O10S/c1-27-6-7-30-16-10-13(12(18(21)22)9-15(16)29-3)19-31(25,26)17-5-4-11(28-2)8-14(17)20(23)24/h4-5,8-10,19H,6-7H2,1-3H3,(H,21,22). The molecule has 13 heteroatoms. The molecule has 2 aromatic carbocycles. The number of benzene rings is 2. The summed E-state index contributed by atoms with van der Waals surface area (Å²) in [5, 5.41) is 20.9. The highest BCUT2D eigenvalue weighted by atomic mass is 32.2. The third-order valence-corrected chi connectivity index (χ3v) is 5.39. The molecule has 168 valence electrons. The smallest absolute Gasteiger partial charge is 0.337 e. The predicted molar refractivity (Wildman–Crippen MR) is 108 cm³/mol. The third-order valence-electron chi connectivity index (χ3n) is 3.98. The summed E-state index contributed by atoms with van der Waals surface area (Å²) in [6.45, 7) is 0.290. The fourth-order valence-corrected chi connectivity index (χ4v) is 3.75. The Labute approximate surface area is 177 Å². The molecule has 12 nitrogen and oxygen atoms in total. The molecule has 0 aliphatic carbocycles. The number of nitrogens with zero attached hydrogens (tertiary/aromatic N) is 1. The molecule has 0 unspecified atom stereocenters. The van der Waals surface area contributed by atoms with Crippen LogP contribution in [0.4, 0.5) is 11.4 Å². The van der Waals surface area contributed by atoms with Crippen molar-refractivity contribution >= 4 is 27.4 Å². The van der Waals surface area contributed by atoms with Gasteiger partial charge in [0.25, 0.3) is 15.7 Å². The molecular weight excluding hydrogens is 436 g/mol. The molecule has 0 radical (unpaired) electrons.